The van der Waals surface area contributed by atoms with Crippen LogP contribution in [0.3, 0.4) is 0 Å². The first-order valence-electron chi connectivity index (χ1n) is 11.6. The van der Waals surface area contributed by atoms with Crippen LogP contribution in [0.5, 0.6) is 0 Å². The Kier molecular flexibility index (Phi) is 3.98. The molecule has 6 fully saturated rings. The van der Waals surface area contributed by atoms with E-state index in [0.29, 0.717) is 57.4 Å². The van der Waals surface area contributed by atoms with Gasteiger partial charge in [-0.3, -0.25) is 4.79 Å². The molecule has 2 heterocycles. The minimum absolute atomic E-state index is 0.00419. The molecule has 6 heteroatoms. The summed E-state index contributed by atoms with van der Waals surface area (Å²) >= 11 is 0. The van der Waals surface area contributed by atoms with Gasteiger partial charge in [0.1, 0.15) is 5.78 Å². The van der Waals surface area contributed by atoms with E-state index < -0.39 is 17.7 Å². The van der Waals surface area contributed by atoms with E-state index in [2.05, 4.69) is 13.8 Å². The normalized spacial score (nSPS) is 52.5. The number of alkyl halides is 1. The quantitative estimate of drug-likeness (QED) is 0.613. The minimum atomic E-state index is -1.10. The van der Waals surface area contributed by atoms with Gasteiger partial charge in [0.2, 0.25) is 5.79 Å². The van der Waals surface area contributed by atoms with Crippen molar-refractivity contribution in [2.45, 2.75) is 76.5 Å². The first-order chi connectivity index (χ1) is 13.8. The molecular formula is C23H33FO5. The number of ketones is 1. The van der Waals surface area contributed by atoms with Gasteiger partial charge in [-0.25, -0.2) is 4.39 Å². The first-order valence-corrected chi connectivity index (χ1v) is 11.6. The number of carbonyl (C=O) groups is 1. The van der Waals surface area contributed by atoms with Crippen LogP contribution in [-0.2, 0) is 23.7 Å². The molecule has 2 aliphatic heterocycles. The van der Waals surface area contributed by atoms with Gasteiger partial charge in [0.05, 0.1) is 26.4 Å². The maximum Gasteiger partial charge on any atom is 0.205 e. The molecule has 4 aliphatic carbocycles. The topological polar surface area (TPSA) is 54.0 Å². The summed E-state index contributed by atoms with van der Waals surface area (Å²) in [6, 6.07) is 0. The largest absolute Gasteiger partial charge is 0.348 e. The fraction of sp³-hybridized carbons (Fsp3) is 0.957. The van der Waals surface area contributed by atoms with Gasteiger partial charge in [-0.1, -0.05) is 13.8 Å². The van der Waals surface area contributed by atoms with E-state index in [1.54, 1.807) is 0 Å². The maximum atomic E-state index is 15.3. The van der Waals surface area contributed by atoms with Crippen LogP contribution < -0.4 is 0 Å². The average Bonchev–Trinajstić information content (AvgIpc) is 3.41. The van der Waals surface area contributed by atoms with Crippen molar-refractivity contribution in [2.24, 2.45) is 34.5 Å². The highest BCUT2D eigenvalue weighted by molar-refractivity contribution is 5.83. The molecule has 0 aromatic heterocycles. The third-order valence-electron chi connectivity index (χ3n) is 10.1. The molecule has 2 spiro atoms. The standard InChI is InChI=1S/C23H33FO5/c1-20-5-6-22(26-7-8-27-22)13-17(20)18(25)11-14-15(20)3-4-21(2)16(14)12-19(24)23(21)28-9-10-29-23/h14-17,19H,3-13H2,1-2H3. The summed E-state index contributed by atoms with van der Waals surface area (Å²) in [6.07, 6.45) is 4.35. The van der Waals surface area contributed by atoms with Crippen LogP contribution in [0, 0.1) is 34.5 Å². The van der Waals surface area contributed by atoms with E-state index in [4.69, 9.17) is 18.9 Å². The zero-order valence-corrected chi connectivity index (χ0v) is 17.6. The summed E-state index contributed by atoms with van der Waals surface area (Å²) in [7, 11) is 0. The van der Waals surface area contributed by atoms with E-state index in [1.807, 2.05) is 0 Å². The third kappa shape index (κ3) is 2.27. The summed E-state index contributed by atoms with van der Waals surface area (Å²) < 4.78 is 39.2. The SMILES string of the molecule is CC12CCC3(CC1C(=O)CC1C2CCC2(C)C1CC(F)C21OCCO1)OCCO3. The zero-order valence-electron chi connectivity index (χ0n) is 17.6. The summed E-state index contributed by atoms with van der Waals surface area (Å²) in [5.74, 6) is -0.477. The molecule has 4 saturated carbocycles. The first kappa shape index (κ1) is 19.1. The lowest BCUT2D eigenvalue weighted by Gasteiger charge is -2.61. The van der Waals surface area contributed by atoms with Crippen LogP contribution in [0.25, 0.3) is 0 Å². The summed E-state index contributed by atoms with van der Waals surface area (Å²) in [5, 5.41) is 0. The number of carbonyl (C=O) groups excluding carboxylic acids is 1. The fourth-order valence-corrected chi connectivity index (χ4v) is 8.59. The van der Waals surface area contributed by atoms with E-state index in [1.165, 1.54) is 0 Å². The Bertz CT molecular complexity index is 714. The Balaban J connectivity index is 1.33. The molecule has 0 aromatic carbocycles. The molecule has 5 nitrogen and oxygen atoms in total. The average molecular weight is 409 g/mol. The van der Waals surface area contributed by atoms with Crippen molar-refractivity contribution in [3.63, 3.8) is 0 Å². The molecule has 7 atom stereocenters. The third-order valence-corrected chi connectivity index (χ3v) is 10.1. The number of hydrogen-bond donors (Lipinski definition) is 0. The number of fused-ring (bicyclic) bond motifs is 6. The van der Waals surface area contributed by atoms with E-state index in [-0.39, 0.29) is 28.6 Å². The number of Topliss-reactive ketones (excluding diaryl/α,β-unsaturated/α-hetero) is 1. The predicted octanol–water partition coefficient (Wildman–Crippen LogP) is 3.64. The molecule has 6 aliphatic rings. The summed E-state index contributed by atoms with van der Waals surface area (Å²) in [4.78, 5) is 13.4. The smallest absolute Gasteiger partial charge is 0.205 e. The summed E-state index contributed by atoms with van der Waals surface area (Å²) in [6.45, 7) is 6.67. The second kappa shape index (κ2) is 6.02. The van der Waals surface area contributed by atoms with Gasteiger partial charge in [-0.15, -0.1) is 0 Å². The van der Waals surface area contributed by atoms with Gasteiger partial charge in [0.25, 0.3) is 0 Å². The van der Waals surface area contributed by atoms with Crippen LogP contribution in [0.2, 0.25) is 0 Å². The zero-order chi connectivity index (χ0) is 20.1. The molecule has 0 bridgehead atoms. The summed E-state index contributed by atoms with van der Waals surface area (Å²) in [5.41, 5.74) is -0.387. The lowest BCUT2D eigenvalue weighted by molar-refractivity contribution is -0.269. The Morgan fingerprint density at radius 1 is 0.931 bits per heavy atom. The van der Waals surface area contributed by atoms with Gasteiger partial charge < -0.3 is 18.9 Å². The molecule has 6 rings (SSSR count). The van der Waals surface area contributed by atoms with Crippen molar-refractivity contribution in [3.05, 3.63) is 0 Å². The van der Waals surface area contributed by atoms with Crippen molar-refractivity contribution in [2.75, 3.05) is 26.4 Å². The fourth-order valence-electron chi connectivity index (χ4n) is 8.59. The Labute approximate surface area is 172 Å². The van der Waals surface area contributed by atoms with Gasteiger partial charge in [-0.2, -0.15) is 0 Å². The molecule has 29 heavy (non-hydrogen) atoms. The Morgan fingerprint density at radius 2 is 1.62 bits per heavy atom. The molecule has 162 valence electrons. The number of rotatable bonds is 0. The van der Waals surface area contributed by atoms with Crippen LogP contribution in [-0.4, -0.2) is 50.0 Å². The maximum absolute atomic E-state index is 15.3. The second-order valence-corrected chi connectivity index (χ2v) is 10.9. The molecular weight excluding hydrogens is 375 g/mol. The van der Waals surface area contributed by atoms with Crippen molar-refractivity contribution in [1.82, 2.24) is 0 Å². The van der Waals surface area contributed by atoms with Gasteiger partial charge in [-0.05, 0) is 48.9 Å². The van der Waals surface area contributed by atoms with Crippen LogP contribution in [0.1, 0.15) is 58.8 Å². The highest BCUT2D eigenvalue weighted by Crippen LogP contribution is 2.70. The molecule has 0 amide bonds. The molecule has 0 radical (unpaired) electrons. The van der Waals surface area contributed by atoms with Crippen molar-refractivity contribution in [1.29, 1.82) is 0 Å². The van der Waals surface area contributed by atoms with Crippen LogP contribution in [0.15, 0.2) is 0 Å². The van der Waals surface area contributed by atoms with E-state index in [0.717, 1.165) is 25.7 Å². The highest BCUT2D eigenvalue weighted by Gasteiger charge is 2.72. The number of halogens is 1. The molecule has 2 saturated heterocycles. The molecule has 7 unspecified atom stereocenters. The Morgan fingerprint density at radius 3 is 2.34 bits per heavy atom. The molecule has 0 aromatic rings. The minimum Gasteiger partial charge on any atom is -0.348 e. The lowest BCUT2D eigenvalue weighted by Crippen LogP contribution is -2.61. The monoisotopic (exact) mass is 408 g/mol. The van der Waals surface area contributed by atoms with Crippen molar-refractivity contribution in [3.8, 4) is 0 Å². The van der Waals surface area contributed by atoms with Crippen molar-refractivity contribution >= 4 is 5.78 Å². The van der Waals surface area contributed by atoms with Crippen LogP contribution >= 0.6 is 0 Å². The highest BCUT2D eigenvalue weighted by atomic mass is 19.1. The second-order valence-electron chi connectivity index (χ2n) is 10.9. The van der Waals surface area contributed by atoms with E-state index >= 15 is 4.39 Å². The number of ether oxygens (including phenoxy) is 4. The lowest BCUT2D eigenvalue weighted by atomic mass is 9.44. The van der Waals surface area contributed by atoms with Gasteiger partial charge in [0.15, 0.2) is 12.0 Å². The predicted molar refractivity (Wildman–Crippen MR) is 102 cm³/mol. The number of hydrogen-bond acceptors (Lipinski definition) is 5. The van der Waals surface area contributed by atoms with Crippen LogP contribution in [0.4, 0.5) is 4.39 Å². The van der Waals surface area contributed by atoms with Gasteiger partial charge >= 0.3 is 0 Å². The van der Waals surface area contributed by atoms with Crippen molar-refractivity contribution < 1.29 is 28.1 Å². The van der Waals surface area contributed by atoms with E-state index in [9.17, 15) is 4.79 Å². The van der Waals surface area contributed by atoms with Gasteiger partial charge in [0, 0.05) is 30.6 Å². The molecule has 0 N–H and O–H groups in total. The Hall–Kier alpha value is -0.560.